The van der Waals surface area contributed by atoms with Crippen LogP contribution in [0.15, 0.2) is 303 Å². The van der Waals surface area contributed by atoms with Crippen molar-refractivity contribution in [1.82, 2.24) is 4.57 Å². The van der Waals surface area contributed by atoms with Gasteiger partial charge in [0.25, 0.3) is 0 Å². The molecule has 0 N–H and O–H groups in total. The Bertz CT molecular complexity index is 4210. The van der Waals surface area contributed by atoms with Gasteiger partial charge in [0.1, 0.15) is 0 Å². The molecule has 0 atom stereocenters. The molecule has 0 unspecified atom stereocenters. The molecular formula is C74H50N2. The lowest BCUT2D eigenvalue weighted by Gasteiger charge is -2.26. The van der Waals surface area contributed by atoms with Crippen molar-refractivity contribution in [2.24, 2.45) is 0 Å². The maximum Gasteiger partial charge on any atom is 0.0541 e. The second kappa shape index (κ2) is 19.1. The fourth-order valence-electron chi connectivity index (χ4n) is 11.8. The van der Waals surface area contributed by atoms with Gasteiger partial charge in [-0.25, -0.2) is 0 Å². The van der Waals surface area contributed by atoms with Crippen molar-refractivity contribution in [3.05, 3.63) is 303 Å². The zero-order valence-electron chi connectivity index (χ0n) is 41.8. The van der Waals surface area contributed by atoms with E-state index in [0.29, 0.717) is 0 Å². The van der Waals surface area contributed by atoms with Crippen LogP contribution in [0.4, 0.5) is 17.1 Å². The Morgan fingerprint density at radius 2 is 0.513 bits per heavy atom. The molecule has 0 aliphatic rings. The molecule has 2 heteroatoms. The summed E-state index contributed by atoms with van der Waals surface area (Å²) in [4.78, 5) is 2.36. The Hall–Kier alpha value is -10.0. The average Bonchev–Trinajstić information content (AvgIpc) is 3.93. The third-order valence-electron chi connectivity index (χ3n) is 15.2. The van der Waals surface area contributed by atoms with Crippen molar-refractivity contribution in [3.63, 3.8) is 0 Å². The molecule has 0 radical (unpaired) electrons. The number of anilines is 3. The SMILES string of the molecule is c1ccc(-c2ccccc2-c2ccc3c(c2)c2cc(-c4ccccc4-c4ccccc4)ccc2n3-c2ccc(N(c3ccccc3)c3ccc(-c4c5ccccc5c(-c5ccccc5)c5ccccc45)cc3)cc2)cc1. The fraction of sp³-hybridized carbons (Fsp3) is 0. The highest BCUT2D eigenvalue weighted by molar-refractivity contribution is 6.21. The van der Waals surface area contributed by atoms with E-state index in [2.05, 4.69) is 313 Å². The molecule has 1 aromatic heterocycles. The molecule has 14 aromatic rings. The van der Waals surface area contributed by atoms with Gasteiger partial charge in [0.15, 0.2) is 0 Å². The molecule has 0 saturated heterocycles. The van der Waals surface area contributed by atoms with Crippen LogP contribution in [0.5, 0.6) is 0 Å². The number of para-hydroxylation sites is 1. The zero-order valence-corrected chi connectivity index (χ0v) is 41.8. The minimum atomic E-state index is 1.08. The molecule has 356 valence electrons. The predicted molar refractivity (Wildman–Crippen MR) is 323 cm³/mol. The maximum atomic E-state index is 2.44. The average molecular weight is 967 g/mol. The first kappa shape index (κ1) is 44.7. The lowest BCUT2D eigenvalue weighted by Crippen LogP contribution is -2.10. The molecule has 0 spiro atoms. The highest BCUT2D eigenvalue weighted by atomic mass is 15.1. The lowest BCUT2D eigenvalue weighted by molar-refractivity contribution is 1.17. The van der Waals surface area contributed by atoms with Crippen molar-refractivity contribution in [1.29, 1.82) is 0 Å². The molecule has 0 bridgehead atoms. The molecule has 76 heavy (non-hydrogen) atoms. The van der Waals surface area contributed by atoms with Crippen LogP contribution in [0.1, 0.15) is 0 Å². The van der Waals surface area contributed by atoms with Gasteiger partial charge in [-0.1, -0.05) is 231 Å². The Kier molecular flexibility index (Phi) is 11.2. The third kappa shape index (κ3) is 7.83. The zero-order chi connectivity index (χ0) is 50.4. The number of hydrogen-bond acceptors (Lipinski definition) is 1. The smallest absolute Gasteiger partial charge is 0.0541 e. The van der Waals surface area contributed by atoms with E-state index in [9.17, 15) is 0 Å². The summed E-state index contributed by atoms with van der Waals surface area (Å²) in [6.45, 7) is 0. The van der Waals surface area contributed by atoms with Crippen LogP contribution >= 0.6 is 0 Å². The highest BCUT2D eigenvalue weighted by Gasteiger charge is 2.21. The van der Waals surface area contributed by atoms with E-state index < -0.39 is 0 Å². The van der Waals surface area contributed by atoms with Crippen molar-refractivity contribution < 1.29 is 0 Å². The standard InChI is InChI=1S/C74H50N2/c1-5-21-51(22-6-1)61-29-13-15-31-63(61)55-39-47-71-69(49-55)70-50-56(64-32-16-14-30-62(64)52-23-7-2-8-24-52)40-48-72(70)76(71)60-45-43-59(44-46-60)75(57-27-11-4-12-28-57)58-41-37-54(38-42-58)74-67-35-19-17-33-65(67)73(53-25-9-3-10-26-53)66-34-18-20-36-68(66)74/h1-50H. The number of rotatable bonds is 10. The number of fused-ring (bicyclic) bond motifs is 5. The summed E-state index contributed by atoms with van der Waals surface area (Å²) < 4.78 is 2.44. The molecule has 13 aromatic carbocycles. The van der Waals surface area contributed by atoms with Crippen LogP contribution in [0.3, 0.4) is 0 Å². The number of aromatic nitrogens is 1. The van der Waals surface area contributed by atoms with Crippen LogP contribution in [-0.4, -0.2) is 4.57 Å². The van der Waals surface area contributed by atoms with Gasteiger partial charge in [-0.2, -0.15) is 0 Å². The summed E-state index contributed by atoms with van der Waals surface area (Å²) in [7, 11) is 0. The van der Waals surface area contributed by atoms with Crippen molar-refractivity contribution in [2.45, 2.75) is 0 Å². The van der Waals surface area contributed by atoms with Gasteiger partial charge in [-0.3, -0.25) is 0 Å². The Morgan fingerprint density at radius 1 is 0.211 bits per heavy atom. The predicted octanol–water partition coefficient (Wildman–Crippen LogP) is 20.6. The van der Waals surface area contributed by atoms with E-state index in [0.717, 1.165) is 33.8 Å². The minimum Gasteiger partial charge on any atom is -0.311 e. The van der Waals surface area contributed by atoms with Crippen molar-refractivity contribution in [2.75, 3.05) is 4.90 Å². The molecule has 0 aliphatic carbocycles. The fourth-order valence-corrected chi connectivity index (χ4v) is 11.8. The molecule has 0 aliphatic heterocycles. The van der Waals surface area contributed by atoms with Gasteiger partial charge in [-0.15, -0.1) is 0 Å². The number of nitrogens with zero attached hydrogens (tertiary/aromatic N) is 2. The first-order valence-electron chi connectivity index (χ1n) is 26.2. The van der Waals surface area contributed by atoms with E-state index in [1.54, 1.807) is 0 Å². The first-order valence-corrected chi connectivity index (χ1v) is 26.2. The van der Waals surface area contributed by atoms with E-state index in [-0.39, 0.29) is 0 Å². The maximum absolute atomic E-state index is 2.44. The van der Waals surface area contributed by atoms with E-state index in [1.807, 2.05) is 0 Å². The topological polar surface area (TPSA) is 8.17 Å². The Balaban J connectivity index is 0.891. The first-order chi connectivity index (χ1) is 37.7. The van der Waals surface area contributed by atoms with Gasteiger partial charge in [0, 0.05) is 33.5 Å². The van der Waals surface area contributed by atoms with Crippen molar-refractivity contribution >= 4 is 60.4 Å². The monoisotopic (exact) mass is 966 g/mol. The van der Waals surface area contributed by atoms with Crippen molar-refractivity contribution in [3.8, 4) is 72.4 Å². The molecule has 0 saturated carbocycles. The van der Waals surface area contributed by atoms with Crippen LogP contribution < -0.4 is 4.90 Å². The molecule has 2 nitrogen and oxygen atoms in total. The molecular weight excluding hydrogens is 917 g/mol. The molecule has 14 rings (SSSR count). The Morgan fingerprint density at radius 3 is 0.934 bits per heavy atom. The molecule has 0 fully saturated rings. The largest absolute Gasteiger partial charge is 0.311 e. The molecule has 0 amide bonds. The van der Waals surface area contributed by atoms with Gasteiger partial charge in [0.05, 0.1) is 11.0 Å². The second-order valence-corrected chi connectivity index (χ2v) is 19.6. The van der Waals surface area contributed by atoms with E-state index in [1.165, 1.54) is 99.1 Å². The summed E-state index contributed by atoms with van der Waals surface area (Å²) >= 11 is 0. The number of benzene rings is 13. The van der Waals surface area contributed by atoms with Gasteiger partial charge < -0.3 is 9.47 Å². The Labute approximate surface area is 443 Å². The quantitative estimate of drug-likeness (QED) is 0.124. The minimum absolute atomic E-state index is 1.08. The highest BCUT2D eigenvalue weighted by Crippen LogP contribution is 2.46. The second-order valence-electron chi connectivity index (χ2n) is 19.6. The summed E-state index contributed by atoms with van der Waals surface area (Å²) in [6.07, 6.45) is 0. The van der Waals surface area contributed by atoms with Crippen LogP contribution in [0, 0.1) is 0 Å². The van der Waals surface area contributed by atoms with Crippen LogP contribution in [0.2, 0.25) is 0 Å². The van der Waals surface area contributed by atoms with E-state index in [4.69, 9.17) is 0 Å². The summed E-state index contributed by atoms with van der Waals surface area (Å²) in [5, 5.41) is 7.41. The van der Waals surface area contributed by atoms with Crippen LogP contribution in [-0.2, 0) is 0 Å². The van der Waals surface area contributed by atoms with E-state index >= 15 is 0 Å². The number of hydrogen-bond donors (Lipinski definition) is 0. The van der Waals surface area contributed by atoms with Gasteiger partial charge >= 0.3 is 0 Å². The third-order valence-corrected chi connectivity index (χ3v) is 15.2. The summed E-state index contributed by atoms with van der Waals surface area (Å²) in [5.74, 6) is 0. The lowest BCUT2D eigenvalue weighted by atomic mass is 9.86. The summed E-state index contributed by atoms with van der Waals surface area (Å²) in [6, 6.07) is 111. The normalized spacial score (nSPS) is 11.4. The van der Waals surface area contributed by atoms with Crippen LogP contribution in [0.25, 0.3) is 116 Å². The van der Waals surface area contributed by atoms with Gasteiger partial charge in [0.2, 0.25) is 0 Å². The van der Waals surface area contributed by atoms with Gasteiger partial charge in [-0.05, 0) is 161 Å². The molecule has 1 heterocycles. The summed E-state index contributed by atoms with van der Waals surface area (Å²) in [5.41, 5.74) is 21.2.